The number of halogens is 2. The van der Waals surface area contributed by atoms with Gasteiger partial charge in [0.15, 0.2) is 0 Å². The van der Waals surface area contributed by atoms with Gasteiger partial charge in [-0.15, -0.1) is 5.10 Å². The zero-order chi connectivity index (χ0) is 23.9. The second-order valence-electron chi connectivity index (χ2n) is 9.68. The fourth-order valence-corrected chi connectivity index (χ4v) is 5.09. The Labute approximate surface area is 191 Å². The molecule has 3 saturated carbocycles. The molecule has 0 aliphatic heterocycles. The number of aliphatic carboxylic acids is 1. The highest BCUT2D eigenvalue weighted by Crippen LogP contribution is 2.57. The highest BCUT2D eigenvalue weighted by molar-refractivity contribution is 5.84. The van der Waals surface area contributed by atoms with Crippen molar-refractivity contribution in [3.8, 4) is 0 Å². The summed E-state index contributed by atoms with van der Waals surface area (Å²) < 4.78 is 28.2. The Balaban J connectivity index is 1.30. The van der Waals surface area contributed by atoms with Crippen LogP contribution in [0.25, 0.3) is 0 Å². The lowest BCUT2D eigenvalue weighted by atomic mass is 9.53. The smallest absolute Gasteiger partial charge is 0.309 e. The summed E-state index contributed by atoms with van der Waals surface area (Å²) in [6.45, 7) is 1.63. The van der Waals surface area contributed by atoms with Crippen LogP contribution in [0.15, 0.2) is 24.5 Å². The summed E-state index contributed by atoms with van der Waals surface area (Å²) in [6.07, 6.45) is 7.08. The van der Waals surface area contributed by atoms with E-state index in [1.54, 1.807) is 28.9 Å². The second kappa shape index (κ2) is 8.46. The van der Waals surface area contributed by atoms with Crippen molar-refractivity contribution in [3.05, 3.63) is 41.5 Å². The molecular weight excluding hydrogens is 432 g/mol. The molecule has 1 amide bonds. The Morgan fingerprint density at radius 3 is 2.30 bits per heavy atom. The van der Waals surface area contributed by atoms with E-state index >= 15 is 0 Å². The highest BCUT2D eigenvalue weighted by atomic mass is 19.3. The summed E-state index contributed by atoms with van der Waals surface area (Å²) in [5.41, 5.74) is 0.115. The maximum Gasteiger partial charge on any atom is 0.309 e. The van der Waals surface area contributed by atoms with Crippen LogP contribution in [0, 0.1) is 10.8 Å². The lowest BCUT2D eigenvalue weighted by molar-refractivity contribution is -0.166. The number of pyridine rings is 1. The number of alkyl halides is 2. The molecule has 33 heavy (non-hydrogen) atoms. The molecule has 0 saturated heterocycles. The van der Waals surface area contributed by atoms with E-state index in [4.69, 9.17) is 0 Å². The molecule has 0 radical (unpaired) electrons. The van der Waals surface area contributed by atoms with Crippen molar-refractivity contribution in [1.29, 1.82) is 0 Å². The third kappa shape index (κ3) is 4.60. The van der Waals surface area contributed by atoms with E-state index in [9.17, 15) is 23.5 Å². The summed E-state index contributed by atoms with van der Waals surface area (Å²) >= 11 is 0. The molecule has 0 unspecified atom stereocenters. The van der Waals surface area contributed by atoms with Crippen molar-refractivity contribution >= 4 is 11.9 Å². The number of nitrogens with zero attached hydrogens (tertiary/aromatic N) is 5. The number of fused-ring (bicyclic) bond motifs is 3. The van der Waals surface area contributed by atoms with Crippen molar-refractivity contribution < 1.29 is 23.5 Å². The maximum absolute atomic E-state index is 13.3. The van der Waals surface area contributed by atoms with E-state index in [1.807, 2.05) is 0 Å². The fourth-order valence-electron chi connectivity index (χ4n) is 5.09. The summed E-state index contributed by atoms with van der Waals surface area (Å²) in [6, 6.07) is 2.91. The summed E-state index contributed by atoms with van der Waals surface area (Å²) in [5, 5.41) is 17.8. The van der Waals surface area contributed by atoms with Gasteiger partial charge >= 0.3 is 5.97 Å². The number of carbonyl (C=O) groups excluding carboxylic acids is 1. The van der Waals surface area contributed by atoms with Crippen molar-refractivity contribution in [2.24, 2.45) is 10.8 Å². The summed E-state index contributed by atoms with van der Waals surface area (Å²) in [4.78, 5) is 30.6. The van der Waals surface area contributed by atoms with Crippen LogP contribution in [0.4, 0.5) is 8.78 Å². The highest BCUT2D eigenvalue weighted by Gasteiger charge is 2.56. The zero-order valence-corrected chi connectivity index (χ0v) is 18.9. The Morgan fingerprint density at radius 2 is 1.76 bits per heavy atom. The number of carboxylic acids is 1. The van der Waals surface area contributed by atoms with Gasteiger partial charge in [-0.1, -0.05) is 5.21 Å². The summed E-state index contributed by atoms with van der Waals surface area (Å²) in [7, 11) is 1.78. The molecule has 2 aromatic rings. The SMILES string of the molecule is CN(CCc1cn(Cc2ccc(C(C)(F)F)cn2)nn1)C(=O)C12CCC(C(=O)O)(CC1)CC2. The van der Waals surface area contributed by atoms with Crippen LogP contribution in [-0.2, 0) is 28.5 Å². The number of hydrogen-bond donors (Lipinski definition) is 1. The van der Waals surface area contributed by atoms with Crippen molar-refractivity contribution in [3.63, 3.8) is 0 Å². The second-order valence-corrected chi connectivity index (χ2v) is 9.68. The number of hydrogen-bond acceptors (Lipinski definition) is 5. The van der Waals surface area contributed by atoms with E-state index in [2.05, 4.69) is 15.3 Å². The predicted octanol–water partition coefficient (Wildman–Crippen LogP) is 3.26. The normalized spacial score (nSPS) is 24.6. The standard InChI is InChI=1S/C23H29F2N5O3/c1-21(24,25)16-3-4-17(26-13-16)14-30-15-18(27-28-30)5-12-29(2)19(31)22-6-9-23(10-7-22,11-8-22)20(32)33/h3-4,13,15H,5-12,14H2,1-2H3,(H,32,33). The third-order valence-corrected chi connectivity index (χ3v) is 7.45. The molecule has 10 heteroatoms. The molecule has 1 N–H and O–H groups in total. The quantitative estimate of drug-likeness (QED) is 0.648. The van der Waals surface area contributed by atoms with Gasteiger partial charge in [0.2, 0.25) is 5.91 Å². The van der Waals surface area contributed by atoms with Gasteiger partial charge in [0.05, 0.1) is 23.3 Å². The molecule has 2 heterocycles. The zero-order valence-electron chi connectivity index (χ0n) is 18.9. The van der Waals surface area contributed by atoms with Gasteiger partial charge in [-0.05, 0) is 50.7 Å². The molecule has 2 aromatic heterocycles. The number of carboxylic acid groups (broad SMARTS) is 1. The molecule has 0 spiro atoms. The lowest BCUT2D eigenvalue weighted by Crippen LogP contribution is -2.53. The Bertz CT molecular complexity index is 1010. The minimum Gasteiger partial charge on any atom is -0.481 e. The predicted molar refractivity (Wildman–Crippen MR) is 114 cm³/mol. The molecule has 3 fully saturated rings. The molecule has 0 atom stereocenters. The Morgan fingerprint density at radius 1 is 1.12 bits per heavy atom. The van der Waals surface area contributed by atoms with Crippen LogP contribution < -0.4 is 0 Å². The number of likely N-dealkylation sites (N-methyl/N-ethyl adjacent to an activating group) is 1. The van der Waals surface area contributed by atoms with Gasteiger partial charge in [0, 0.05) is 50.3 Å². The molecule has 3 aliphatic carbocycles. The molecule has 178 valence electrons. The van der Waals surface area contributed by atoms with Gasteiger partial charge < -0.3 is 10.0 Å². The van der Waals surface area contributed by atoms with Gasteiger partial charge in [0.25, 0.3) is 5.92 Å². The minimum absolute atomic E-state index is 0.0885. The fraction of sp³-hybridized carbons (Fsp3) is 0.609. The average molecular weight is 462 g/mol. The first-order valence-corrected chi connectivity index (χ1v) is 11.2. The van der Waals surface area contributed by atoms with Crippen LogP contribution >= 0.6 is 0 Å². The monoisotopic (exact) mass is 461 g/mol. The molecule has 0 aromatic carbocycles. The number of rotatable bonds is 8. The molecule has 5 rings (SSSR count). The lowest BCUT2D eigenvalue weighted by Gasteiger charge is -2.51. The van der Waals surface area contributed by atoms with Crippen molar-refractivity contribution in [1.82, 2.24) is 24.9 Å². The summed E-state index contributed by atoms with van der Waals surface area (Å²) in [5.74, 6) is -3.57. The van der Waals surface area contributed by atoms with E-state index < -0.39 is 22.7 Å². The van der Waals surface area contributed by atoms with Gasteiger partial charge in [-0.3, -0.25) is 14.6 Å². The Hall–Kier alpha value is -2.91. The van der Waals surface area contributed by atoms with Crippen molar-refractivity contribution in [2.45, 2.75) is 64.3 Å². The minimum atomic E-state index is -2.93. The Kier molecular flexibility index (Phi) is 5.96. The van der Waals surface area contributed by atoms with Crippen LogP contribution in [0.5, 0.6) is 0 Å². The molecule has 2 bridgehead atoms. The first-order chi connectivity index (χ1) is 15.5. The van der Waals surface area contributed by atoms with Crippen LogP contribution in [-0.4, -0.2) is 55.5 Å². The van der Waals surface area contributed by atoms with E-state index in [0.29, 0.717) is 63.7 Å². The van der Waals surface area contributed by atoms with Gasteiger partial charge in [0.1, 0.15) is 0 Å². The maximum atomic E-state index is 13.3. The molecule has 8 nitrogen and oxygen atoms in total. The first-order valence-electron chi connectivity index (χ1n) is 11.2. The number of aromatic nitrogens is 4. The van der Waals surface area contributed by atoms with E-state index in [-0.39, 0.29) is 11.5 Å². The number of carbonyl (C=O) groups is 2. The molecular formula is C23H29F2N5O3. The van der Waals surface area contributed by atoms with E-state index in [1.165, 1.54) is 12.3 Å². The number of amides is 1. The third-order valence-electron chi connectivity index (χ3n) is 7.45. The van der Waals surface area contributed by atoms with Gasteiger partial charge in [-0.25, -0.2) is 13.5 Å². The van der Waals surface area contributed by atoms with Crippen LogP contribution in [0.1, 0.15) is 62.4 Å². The average Bonchev–Trinajstić information content (AvgIpc) is 3.25. The van der Waals surface area contributed by atoms with Crippen LogP contribution in [0.3, 0.4) is 0 Å². The van der Waals surface area contributed by atoms with E-state index in [0.717, 1.165) is 12.6 Å². The first kappa shape index (κ1) is 23.3. The topological polar surface area (TPSA) is 101 Å². The largest absolute Gasteiger partial charge is 0.481 e. The van der Waals surface area contributed by atoms with Crippen molar-refractivity contribution in [2.75, 3.05) is 13.6 Å². The van der Waals surface area contributed by atoms with Crippen LogP contribution in [0.2, 0.25) is 0 Å². The van der Waals surface area contributed by atoms with Gasteiger partial charge in [-0.2, -0.15) is 0 Å². The molecule has 3 aliphatic rings.